The van der Waals surface area contributed by atoms with Crippen LogP contribution < -0.4 is 4.90 Å². The van der Waals surface area contributed by atoms with Gasteiger partial charge in [-0.2, -0.15) is 0 Å². The minimum absolute atomic E-state index is 0.000957. The Labute approximate surface area is 177 Å². The maximum absolute atomic E-state index is 14.3. The Bertz CT molecular complexity index is 905. The molecule has 3 saturated heterocycles. The molecule has 4 heterocycles. The first-order valence-corrected chi connectivity index (χ1v) is 11.2. The lowest BCUT2D eigenvalue weighted by Crippen LogP contribution is -2.62. The number of carbonyl (C=O) groups excluding carboxylic acids is 1. The van der Waals surface area contributed by atoms with Crippen LogP contribution in [0.1, 0.15) is 18.9 Å². The van der Waals surface area contributed by atoms with E-state index in [4.69, 9.17) is 14.2 Å². The largest absolute Gasteiger partial charge is 0.379 e. The quantitative estimate of drug-likeness (QED) is 0.374. The summed E-state index contributed by atoms with van der Waals surface area (Å²) in [4.78, 5) is 18.7. The van der Waals surface area contributed by atoms with Crippen molar-refractivity contribution in [2.45, 2.75) is 36.9 Å². The average molecular weight is 411 g/mol. The van der Waals surface area contributed by atoms with Gasteiger partial charge in [-0.05, 0) is 30.9 Å². The lowest BCUT2D eigenvalue weighted by atomic mass is 9.52. The van der Waals surface area contributed by atoms with Gasteiger partial charge in [0.05, 0.1) is 25.0 Å². The number of fused-ring (bicyclic) bond motifs is 2. The molecular formula is C24H30N2O4. The maximum Gasteiger partial charge on any atom is 0.242 e. The van der Waals surface area contributed by atoms with Crippen LogP contribution in [-0.4, -0.2) is 69.2 Å². The van der Waals surface area contributed by atoms with Gasteiger partial charge in [0.15, 0.2) is 0 Å². The van der Waals surface area contributed by atoms with Crippen molar-refractivity contribution >= 4 is 11.6 Å². The van der Waals surface area contributed by atoms with E-state index in [0.717, 1.165) is 24.2 Å². The smallest absolute Gasteiger partial charge is 0.242 e. The average Bonchev–Trinajstić information content (AvgIpc) is 2.99. The van der Waals surface area contributed by atoms with Gasteiger partial charge >= 0.3 is 0 Å². The minimum Gasteiger partial charge on any atom is -0.379 e. The third-order valence-electron chi connectivity index (χ3n) is 8.60. The van der Waals surface area contributed by atoms with E-state index in [2.05, 4.69) is 35.8 Å². The lowest BCUT2D eigenvalue weighted by molar-refractivity contribution is -0.145. The molecule has 1 aromatic rings. The SMILES string of the molecule is C=CC12CN3C4C3C1C1(C(=O)N(COC)c3ccccc31)C(OCCOCC)CC42. The third kappa shape index (κ3) is 1.97. The number of rotatable bonds is 8. The first-order chi connectivity index (χ1) is 14.7. The Morgan fingerprint density at radius 2 is 2.10 bits per heavy atom. The van der Waals surface area contributed by atoms with E-state index >= 15 is 0 Å². The number of benzene rings is 1. The fraction of sp³-hybridized carbons (Fsp3) is 0.625. The van der Waals surface area contributed by atoms with Crippen molar-refractivity contribution in [3.63, 3.8) is 0 Å². The summed E-state index contributed by atoms with van der Waals surface area (Å²) in [6, 6.07) is 9.30. The van der Waals surface area contributed by atoms with Crippen LogP contribution >= 0.6 is 0 Å². The highest BCUT2D eigenvalue weighted by molar-refractivity contribution is 6.09. The molecule has 6 bridgehead atoms. The number of carbonyl (C=O) groups is 1. The van der Waals surface area contributed by atoms with Crippen molar-refractivity contribution in [2.75, 3.05) is 45.1 Å². The molecular weight excluding hydrogens is 380 g/mol. The van der Waals surface area contributed by atoms with Crippen LogP contribution in [0.4, 0.5) is 5.69 Å². The normalized spacial score (nSPS) is 44.1. The van der Waals surface area contributed by atoms with Gasteiger partial charge < -0.3 is 14.2 Å². The number of para-hydroxylation sites is 1. The summed E-state index contributed by atoms with van der Waals surface area (Å²) in [5, 5.41) is 0. The first-order valence-electron chi connectivity index (χ1n) is 11.2. The summed E-state index contributed by atoms with van der Waals surface area (Å²) in [7, 11) is 1.65. The number of piperidine rings is 3. The molecule has 7 rings (SSSR count). The summed E-state index contributed by atoms with van der Waals surface area (Å²) < 4.78 is 17.5. The molecule has 0 N–H and O–H groups in total. The zero-order chi connectivity index (χ0) is 20.7. The van der Waals surface area contributed by atoms with Crippen molar-refractivity contribution in [1.82, 2.24) is 4.90 Å². The summed E-state index contributed by atoms with van der Waals surface area (Å²) in [5.41, 5.74) is 1.40. The Balaban J connectivity index is 1.49. The van der Waals surface area contributed by atoms with E-state index < -0.39 is 5.41 Å². The third-order valence-corrected chi connectivity index (χ3v) is 8.60. The van der Waals surface area contributed by atoms with Crippen LogP contribution in [0.5, 0.6) is 0 Å². The predicted octanol–water partition coefficient (Wildman–Crippen LogP) is 2.19. The van der Waals surface area contributed by atoms with Gasteiger partial charge in [-0.25, -0.2) is 0 Å². The Kier molecular flexibility index (Phi) is 4.05. The Morgan fingerprint density at radius 1 is 1.27 bits per heavy atom. The van der Waals surface area contributed by atoms with Gasteiger partial charge in [0, 0.05) is 43.7 Å². The van der Waals surface area contributed by atoms with E-state index in [0.29, 0.717) is 37.8 Å². The molecule has 4 aliphatic heterocycles. The van der Waals surface area contributed by atoms with Crippen LogP contribution in [0, 0.1) is 17.3 Å². The van der Waals surface area contributed by atoms with Crippen LogP contribution in [0.3, 0.4) is 0 Å². The van der Waals surface area contributed by atoms with Crippen molar-refractivity contribution in [3.05, 3.63) is 42.5 Å². The van der Waals surface area contributed by atoms with Crippen molar-refractivity contribution in [3.8, 4) is 0 Å². The van der Waals surface area contributed by atoms with Crippen molar-refractivity contribution in [2.24, 2.45) is 17.3 Å². The molecule has 0 radical (unpaired) electrons. The molecule has 6 nitrogen and oxygen atoms in total. The first kappa shape index (κ1) is 19.0. The molecule has 1 amide bonds. The standard InChI is InChI=1S/C24H30N2O4/c1-4-23-13-25-19-16(23)12-18(30-11-10-29-5-2)24(21(23)20(19)25)15-8-6-7-9-17(15)26(14-28-3)22(24)27/h4,6-9,16,18-21H,1,5,10-14H2,2-3H3. The van der Waals surface area contributed by atoms with Crippen LogP contribution in [0.2, 0.25) is 0 Å². The molecule has 1 spiro atoms. The van der Waals surface area contributed by atoms with Crippen molar-refractivity contribution < 1.29 is 19.0 Å². The fourth-order valence-corrected chi connectivity index (χ4v) is 7.77. The number of nitrogens with zero attached hydrogens (tertiary/aromatic N) is 2. The zero-order valence-corrected chi connectivity index (χ0v) is 17.8. The zero-order valence-electron chi connectivity index (χ0n) is 17.8. The second-order valence-electron chi connectivity index (χ2n) is 9.38. The highest BCUT2D eigenvalue weighted by Crippen LogP contribution is 2.78. The highest BCUT2D eigenvalue weighted by atomic mass is 16.5. The molecule has 1 aromatic carbocycles. The van der Waals surface area contributed by atoms with Crippen LogP contribution in [0.15, 0.2) is 36.9 Å². The molecule has 6 aliphatic rings. The number of anilines is 1. The summed E-state index contributed by atoms with van der Waals surface area (Å²) in [6.45, 7) is 9.31. The van der Waals surface area contributed by atoms with Gasteiger partial charge in [0.1, 0.15) is 12.1 Å². The maximum atomic E-state index is 14.3. The number of amides is 1. The molecule has 8 unspecified atom stereocenters. The van der Waals surface area contributed by atoms with Crippen LogP contribution in [0.25, 0.3) is 0 Å². The minimum atomic E-state index is -0.684. The predicted molar refractivity (Wildman–Crippen MR) is 112 cm³/mol. The number of hydrogen-bond acceptors (Lipinski definition) is 5. The van der Waals surface area contributed by atoms with Gasteiger partial charge in [-0.1, -0.05) is 24.3 Å². The molecule has 2 aliphatic carbocycles. The van der Waals surface area contributed by atoms with E-state index in [1.54, 1.807) is 7.11 Å². The molecule has 5 fully saturated rings. The van der Waals surface area contributed by atoms with E-state index in [1.807, 2.05) is 17.9 Å². The van der Waals surface area contributed by atoms with Gasteiger partial charge in [-0.3, -0.25) is 14.6 Å². The summed E-state index contributed by atoms with van der Waals surface area (Å²) >= 11 is 0. The fourth-order valence-electron chi connectivity index (χ4n) is 7.77. The molecule has 0 aromatic heterocycles. The van der Waals surface area contributed by atoms with E-state index in [1.165, 1.54) is 0 Å². The van der Waals surface area contributed by atoms with Gasteiger partial charge in [-0.15, -0.1) is 6.58 Å². The topological polar surface area (TPSA) is 51.0 Å². The highest BCUT2D eigenvalue weighted by Gasteiger charge is 2.87. The summed E-state index contributed by atoms with van der Waals surface area (Å²) in [6.07, 6.45) is 2.92. The number of ether oxygens (including phenoxy) is 3. The Hall–Kier alpha value is -1.73. The molecule has 6 heteroatoms. The monoisotopic (exact) mass is 410 g/mol. The van der Waals surface area contributed by atoms with E-state index in [-0.39, 0.29) is 30.1 Å². The number of hydrogen-bond donors (Lipinski definition) is 0. The van der Waals surface area contributed by atoms with Crippen molar-refractivity contribution in [1.29, 1.82) is 0 Å². The lowest BCUT2D eigenvalue weighted by Gasteiger charge is -2.52. The molecule has 8 atom stereocenters. The second-order valence-corrected chi connectivity index (χ2v) is 9.38. The Morgan fingerprint density at radius 3 is 2.87 bits per heavy atom. The molecule has 30 heavy (non-hydrogen) atoms. The summed E-state index contributed by atoms with van der Waals surface area (Å²) in [5.74, 6) is 0.874. The second kappa shape index (κ2) is 6.39. The molecule has 2 saturated carbocycles. The number of methoxy groups -OCH3 is 1. The van der Waals surface area contributed by atoms with Gasteiger partial charge in [0.25, 0.3) is 0 Å². The van der Waals surface area contributed by atoms with Crippen LogP contribution in [-0.2, 0) is 24.4 Å². The van der Waals surface area contributed by atoms with E-state index in [9.17, 15) is 4.79 Å². The molecule has 160 valence electrons. The van der Waals surface area contributed by atoms with Gasteiger partial charge in [0.2, 0.25) is 5.91 Å².